The van der Waals surface area contributed by atoms with Gasteiger partial charge in [0.15, 0.2) is 41.0 Å². The summed E-state index contributed by atoms with van der Waals surface area (Å²) in [5.41, 5.74) is 9.62. The maximum Gasteiger partial charge on any atom is 0.343 e. The number of nitrogens with two attached hydrogens (primary N) is 1. The molecule has 8 rings (SSSR count). The van der Waals surface area contributed by atoms with E-state index in [1.165, 1.54) is 39.7 Å². The average molecular weight is 854 g/mol. The normalized spacial score (nSPS) is 18.8. The number of carbonyl (C=O) groups is 4. The van der Waals surface area contributed by atoms with Gasteiger partial charge in [-0.1, -0.05) is 6.07 Å². The lowest BCUT2D eigenvalue weighted by atomic mass is 9.84. The molecule has 0 saturated heterocycles. The Morgan fingerprint density at radius 1 is 1.05 bits per heavy atom. The zero-order valence-electron chi connectivity index (χ0n) is 33.9. The highest BCUT2D eigenvalue weighted by Gasteiger charge is 2.47. The number of anilines is 2. The maximum absolute atomic E-state index is 13.7. The van der Waals surface area contributed by atoms with E-state index in [9.17, 15) is 29.4 Å². The van der Waals surface area contributed by atoms with E-state index in [-0.39, 0.29) is 72.0 Å². The number of amides is 2. The van der Waals surface area contributed by atoms with Crippen molar-refractivity contribution < 1.29 is 57.8 Å². The largest absolute Gasteiger partial charge is 0.493 e. The van der Waals surface area contributed by atoms with Crippen molar-refractivity contribution in [3.05, 3.63) is 81.8 Å². The quantitative estimate of drug-likeness (QED) is 0.0897. The molecule has 4 atom stereocenters. The van der Waals surface area contributed by atoms with Gasteiger partial charge in [0.05, 0.1) is 51.5 Å². The molecule has 2 amide bonds. The predicted octanol–water partition coefficient (Wildman–Crippen LogP) is 2.43. The Morgan fingerprint density at radius 2 is 1.81 bits per heavy atom. The van der Waals surface area contributed by atoms with Crippen LogP contribution < -0.4 is 50.7 Å². The van der Waals surface area contributed by atoms with Crippen molar-refractivity contribution in [3.8, 4) is 28.7 Å². The third-order valence-corrected chi connectivity index (χ3v) is 11.0. The number of aliphatic carboxylic acids is 1. The highest BCUT2D eigenvalue weighted by molar-refractivity contribution is 5.99. The van der Waals surface area contributed by atoms with Crippen molar-refractivity contribution in [2.45, 2.75) is 50.2 Å². The fourth-order valence-electron chi connectivity index (χ4n) is 8.02. The minimum Gasteiger partial charge on any atom is -0.493 e. The summed E-state index contributed by atoms with van der Waals surface area (Å²) in [6, 6.07) is 7.76. The van der Waals surface area contributed by atoms with Gasteiger partial charge in [0.2, 0.25) is 18.4 Å². The molecule has 4 aliphatic rings. The van der Waals surface area contributed by atoms with Crippen LogP contribution in [0.1, 0.15) is 80.0 Å². The second kappa shape index (κ2) is 16.9. The monoisotopic (exact) mass is 853 g/mol. The molecule has 4 aliphatic heterocycles. The SMILES string of the molecule is COc1ccc2c(c1OC)C(=O)OC2C1c2c(c(NC(=O)CCC(NC(=O)c3ccc(NCc4cnc5c(n4)C(O)NC(N)=N5)cc3)C(=O)O)c3c(c2OC)OCO3)CCN1C. The van der Waals surface area contributed by atoms with Crippen LogP contribution in [-0.2, 0) is 27.3 Å². The number of rotatable bonds is 14. The number of aliphatic hydroxyl groups excluding tert-OH is 1. The lowest BCUT2D eigenvalue weighted by molar-refractivity contribution is -0.139. The van der Waals surface area contributed by atoms with Crippen LogP contribution in [0.5, 0.6) is 28.7 Å². The van der Waals surface area contributed by atoms with Crippen LogP contribution in [0.4, 0.5) is 17.2 Å². The van der Waals surface area contributed by atoms with Crippen molar-refractivity contribution in [1.29, 1.82) is 0 Å². The molecule has 0 saturated carbocycles. The Bertz CT molecular complexity index is 2500. The summed E-state index contributed by atoms with van der Waals surface area (Å²) in [5.74, 6) is -1.37. The maximum atomic E-state index is 13.7. The van der Waals surface area contributed by atoms with E-state index in [0.29, 0.717) is 58.2 Å². The van der Waals surface area contributed by atoms with Gasteiger partial charge in [-0.05, 0) is 55.8 Å². The minimum atomic E-state index is -1.40. The van der Waals surface area contributed by atoms with Crippen LogP contribution in [0.25, 0.3) is 0 Å². The number of nitrogens with one attached hydrogen (secondary N) is 4. The van der Waals surface area contributed by atoms with E-state index in [0.717, 1.165) is 0 Å². The summed E-state index contributed by atoms with van der Waals surface area (Å²) in [6.45, 7) is 0.567. The van der Waals surface area contributed by atoms with Gasteiger partial charge in [0, 0.05) is 35.3 Å². The number of carboxylic acids is 1. The number of hydrogen-bond acceptors (Lipinski definition) is 18. The Hall–Kier alpha value is -7.39. The Morgan fingerprint density at radius 3 is 2.53 bits per heavy atom. The molecule has 0 fully saturated rings. The summed E-state index contributed by atoms with van der Waals surface area (Å²) >= 11 is 0. The minimum absolute atomic E-state index is 0.0304. The number of aliphatic imine (C=N–C) groups is 1. The molecule has 1 aromatic heterocycles. The number of carbonyl (C=O) groups excluding carboxylic acids is 3. The summed E-state index contributed by atoms with van der Waals surface area (Å²) in [4.78, 5) is 67.2. The zero-order chi connectivity index (χ0) is 43.8. The summed E-state index contributed by atoms with van der Waals surface area (Å²) < 4.78 is 34.7. The van der Waals surface area contributed by atoms with E-state index in [4.69, 9.17) is 34.2 Å². The standard InChI is InChI=1S/C41H43N9O12/c1-50-14-13-21-26(30(50)31-22-9-11-24(57-2)32(58-3)27(22)40(56)62-31)33(59-4)35-34(60-17-61-35)28(21)47-25(51)12-10-23(39(54)55)46-37(52)18-5-7-19(8-6-18)43-15-20-16-44-36-29(45-20)38(53)49-41(42)48-36/h5-9,11,16,23,30-31,38,43,53H,10,12-15,17H2,1-4H3,(H,46,52)(H,47,51)(H,54,55)(H3,42,44,48,49). The number of aliphatic hydroxyl groups is 1. The molecule has 0 aliphatic carbocycles. The van der Waals surface area contributed by atoms with Crippen LogP contribution in [0.2, 0.25) is 0 Å². The smallest absolute Gasteiger partial charge is 0.343 e. The molecule has 62 heavy (non-hydrogen) atoms. The lowest BCUT2D eigenvalue weighted by Crippen LogP contribution is -2.41. The summed E-state index contributed by atoms with van der Waals surface area (Å²) in [7, 11) is 6.30. The number of likely N-dealkylation sites (N-methyl/N-ethyl adjacent to an activating group) is 1. The van der Waals surface area contributed by atoms with E-state index in [1.807, 2.05) is 11.9 Å². The van der Waals surface area contributed by atoms with Crippen molar-refractivity contribution in [2.24, 2.45) is 10.7 Å². The van der Waals surface area contributed by atoms with Crippen molar-refractivity contribution in [2.75, 3.05) is 52.3 Å². The van der Waals surface area contributed by atoms with Gasteiger partial charge < -0.3 is 65.6 Å². The van der Waals surface area contributed by atoms with Gasteiger partial charge in [-0.3, -0.25) is 14.5 Å². The molecule has 21 nitrogen and oxygen atoms in total. The second-order valence-corrected chi connectivity index (χ2v) is 14.6. The number of ether oxygens (including phenoxy) is 6. The van der Waals surface area contributed by atoms with Gasteiger partial charge in [-0.2, -0.15) is 4.99 Å². The molecular formula is C41H43N9O12. The van der Waals surface area contributed by atoms with Gasteiger partial charge in [0.25, 0.3) is 5.91 Å². The lowest BCUT2D eigenvalue weighted by Gasteiger charge is -2.39. The second-order valence-electron chi connectivity index (χ2n) is 14.6. The fourth-order valence-corrected chi connectivity index (χ4v) is 8.02. The summed E-state index contributed by atoms with van der Waals surface area (Å²) in [6.07, 6.45) is -0.559. The molecule has 0 bridgehead atoms. The third kappa shape index (κ3) is 7.62. The van der Waals surface area contributed by atoms with E-state index in [2.05, 4.69) is 36.2 Å². The zero-order valence-corrected chi connectivity index (χ0v) is 33.9. The van der Waals surface area contributed by atoms with Crippen LogP contribution in [0.15, 0.2) is 47.6 Å². The van der Waals surface area contributed by atoms with Crippen LogP contribution in [-0.4, -0.2) is 103 Å². The Labute approximate surface area is 353 Å². The third-order valence-electron chi connectivity index (χ3n) is 11.0. The van der Waals surface area contributed by atoms with Crippen LogP contribution in [0.3, 0.4) is 0 Å². The summed E-state index contributed by atoms with van der Waals surface area (Å²) in [5, 5.41) is 31.4. The van der Waals surface area contributed by atoms with Crippen LogP contribution >= 0.6 is 0 Å². The number of esters is 1. The van der Waals surface area contributed by atoms with Crippen molar-refractivity contribution >= 4 is 46.9 Å². The predicted molar refractivity (Wildman–Crippen MR) is 218 cm³/mol. The van der Waals surface area contributed by atoms with Gasteiger partial charge in [0.1, 0.15) is 23.4 Å². The first-order valence-electron chi connectivity index (χ1n) is 19.4. The Balaban J connectivity index is 0.955. The Kier molecular flexibility index (Phi) is 11.3. The molecule has 8 N–H and O–H groups in total. The highest BCUT2D eigenvalue weighted by Crippen LogP contribution is 2.58. The number of aromatic nitrogens is 2. The first-order chi connectivity index (χ1) is 29.9. The van der Waals surface area contributed by atoms with E-state index < -0.39 is 48.2 Å². The number of benzene rings is 3. The molecule has 3 aromatic carbocycles. The molecular weight excluding hydrogens is 811 g/mol. The topological polar surface area (TPSA) is 280 Å². The molecule has 21 heteroatoms. The number of nitrogens with zero attached hydrogens (tertiary/aromatic N) is 4. The first kappa shape index (κ1) is 41.3. The molecule has 5 heterocycles. The van der Waals surface area contributed by atoms with Gasteiger partial charge in [-0.25, -0.2) is 19.6 Å². The average Bonchev–Trinajstić information content (AvgIpc) is 3.88. The number of fused-ring (bicyclic) bond motifs is 4. The van der Waals surface area contributed by atoms with Gasteiger partial charge in [-0.15, -0.1) is 0 Å². The van der Waals surface area contributed by atoms with E-state index >= 15 is 0 Å². The first-order valence-corrected chi connectivity index (χ1v) is 19.4. The number of cyclic esters (lactones) is 1. The number of hydrogen-bond donors (Lipinski definition) is 7. The number of carboxylic acid groups (broad SMARTS) is 1. The van der Waals surface area contributed by atoms with E-state index in [1.54, 1.807) is 24.3 Å². The molecule has 324 valence electrons. The highest BCUT2D eigenvalue weighted by atomic mass is 16.7. The number of methoxy groups -OCH3 is 3. The molecule has 0 radical (unpaired) electrons. The van der Waals surface area contributed by atoms with Crippen molar-refractivity contribution in [3.63, 3.8) is 0 Å². The van der Waals surface area contributed by atoms with Crippen molar-refractivity contribution in [1.82, 2.24) is 25.5 Å². The fraction of sp³-hybridized carbons (Fsp3) is 0.341. The molecule has 4 unspecified atom stereocenters. The molecule has 4 aromatic rings. The van der Waals surface area contributed by atoms with Gasteiger partial charge >= 0.3 is 11.9 Å². The van der Waals surface area contributed by atoms with Crippen LogP contribution in [0, 0.1) is 0 Å². The molecule has 0 spiro atoms. The number of guanidine groups is 1.